The normalized spacial score (nSPS) is 18.5. The molecule has 0 atom stereocenters. The lowest BCUT2D eigenvalue weighted by Gasteiger charge is -2.27. The Hall–Kier alpha value is -0.570. The molecule has 0 aromatic heterocycles. The molecule has 3 nitrogen and oxygen atoms in total. The third kappa shape index (κ3) is 4.52. The van der Waals surface area contributed by atoms with Crippen LogP contribution in [0.3, 0.4) is 0 Å². The molecule has 0 heterocycles. The number of nitrogens with zero attached hydrogens (tertiary/aromatic N) is 1. The number of carbonyl (C=O) groups is 1. The third-order valence-electron chi connectivity index (χ3n) is 3.31. The SMILES string of the molecule is CC(C)OCC(=O)N(C)C1CCCCCC1. The van der Waals surface area contributed by atoms with Crippen molar-refractivity contribution in [1.82, 2.24) is 4.90 Å². The van der Waals surface area contributed by atoms with E-state index in [0.29, 0.717) is 6.04 Å². The molecule has 0 radical (unpaired) electrons. The lowest BCUT2D eigenvalue weighted by molar-refractivity contribution is -0.138. The van der Waals surface area contributed by atoms with Crippen molar-refractivity contribution in [3.8, 4) is 0 Å². The summed E-state index contributed by atoms with van der Waals surface area (Å²) in [4.78, 5) is 13.8. The summed E-state index contributed by atoms with van der Waals surface area (Å²) in [5.74, 6) is 0.126. The van der Waals surface area contributed by atoms with Gasteiger partial charge in [0.1, 0.15) is 6.61 Å². The van der Waals surface area contributed by atoms with E-state index in [1.165, 1.54) is 25.7 Å². The summed E-state index contributed by atoms with van der Waals surface area (Å²) in [5.41, 5.74) is 0. The van der Waals surface area contributed by atoms with Crippen molar-refractivity contribution in [2.45, 2.75) is 64.5 Å². The van der Waals surface area contributed by atoms with Gasteiger partial charge < -0.3 is 9.64 Å². The van der Waals surface area contributed by atoms with Gasteiger partial charge in [-0.2, -0.15) is 0 Å². The molecule has 0 bridgehead atoms. The van der Waals surface area contributed by atoms with Crippen molar-refractivity contribution < 1.29 is 9.53 Å². The van der Waals surface area contributed by atoms with Crippen LogP contribution in [0, 0.1) is 0 Å². The van der Waals surface area contributed by atoms with Crippen LogP contribution in [0.5, 0.6) is 0 Å². The number of hydrogen-bond acceptors (Lipinski definition) is 2. The van der Waals surface area contributed by atoms with Gasteiger partial charge in [0.2, 0.25) is 5.91 Å². The minimum atomic E-state index is 0.126. The molecule has 0 aromatic carbocycles. The van der Waals surface area contributed by atoms with Crippen LogP contribution in [0.4, 0.5) is 0 Å². The fourth-order valence-corrected chi connectivity index (χ4v) is 2.19. The van der Waals surface area contributed by atoms with Crippen molar-refractivity contribution in [3.63, 3.8) is 0 Å². The average molecular weight is 227 g/mol. The molecule has 3 heteroatoms. The summed E-state index contributed by atoms with van der Waals surface area (Å²) in [5, 5.41) is 0. The summed E-state index contributed by atoms with van der Waals surface area (Å²) in [6.07, 6.45) is 7.60. The largest absolute Gasteiger partial charge is 0.369 e. The summed E-state index contributed by atoms with van der Waals surface area (Å²) < 4.78 is 5.36. The van der Waals surface area contributed by atoms with Gasteiger partial charge in [-0.05, 0) is 26.7 Å². The quantitative estimate of drug-likeness (QED) is 0.691. The Kier molecular flexibility index (Phi) is 5.81. The standard InChI is InChI=1S/C13H25NO2/c1-11(2)16-10-13(15)14(3)12-8-6-4-5-7-9-12/h11-12H,4-10H2,1-3H3. The predicted octanol–water partition coefficient (Wildman–Crippen LogP) is 2.59. The highest BCUT2D eigenvalue weighted by atomic mass is 16.5. The van der Waals surface area contributed by atoms with Gasteiger partial charge in [-0.1, -0.05) is 25.7 Å². The van der Waals surface area contributed by atoms with E-state index in [1.807, 2.05) is 25.8 Å². The minimum Gasteiger partial charge on any atom is -0.369 e. The van der Waals surface area contributed by atoms with Crippen LogP contribution in [-0.4, -0.2) is 36.6 Å². The van der Waals surface area contributed by atoms with E-state index in [2.05, 4.69) is 0 Å². The Bertz CT molecular complexity index is 208. The second kappa shape index (κ2) is 6.89. The maximum Gasteiger partial charge on any atom is 0.248 e. The molecular formula is C13H25NO2. The zero-order valence-corrected chi connectivity index (χ0v) is 10.9. The molecule has 16 heavy (non-hydrogen) atoms. The predicted molar refractivity (Wildman–Crippen MR) is 65.3 cm³/mol. The molecule has 0 spiro atoms. The molecule has 1 fully saturated rings. The van der Waals surface area contributed by atoms with Crippen molar-refractivity contribution >= 4 is 5.91 Å². The number of amides is 1. The summed E-state index contributed by atoms with van der Waals surface area (Å²) in [6, 6.07) is 0.436. The van der Waals surface area contributed by atoms with Gasteiger partial charge in [-0.25, -0.2) is 0 Å². The Morgan fingerprint density at radius 1 is 1.25 bits per heavy atom. The highest BCUT2D eigenvalue weighted by Gasteiger charge is 2.21. The first kappa shape index (κ1) is 13.5. The molecule has 1 amide bonds. The fourth-order valence-electron chi connectivity index (χ4n) is 2.19. The third-order valence-corrected chi connectivity index (χ3v) is 3.31. The van der Waals surface area contributed by atoms with Crippen LogP contribution in [0.25, 0.3) is 0 Å². The topological polar surface area (TPSA) is 29.5 Å². The lowest BCUT2D eigenvalue weighted by Crippen LogP contribution is -2.39. The molecule has 1 saturated carbocycles. The molecule has 1 rings (SSSR count). The van der Waals surface area contributed by atoms with E-state index in [-0.39, 0.29) is 18.6 Å². The molecule has 0 saturated heterocycles. The number of ether oxygens (including phenoxy) is 1. The molecule has 1 aliphatic rings. The molecule has 1 aliphatic carbocycles. The molecular weight excluding hydrogens is 202 g/mol. The van der Waals surface area contributed by atoms with Gasteiger partial charge in [0, 0.05) is 13.1 Å². The summed E-state index contributed by atoms with van der Waals surface area (Å²) >= 11 is 0. The Morgan fingerprint density at radius 2 is 1.81 bits per heavy atom. The highest BCUT2D eigenvalue weighted by molar-refractivity contribution is 5.77. The van der Waals surface area contributed by atoms with E-state index in [0.717, 1.165) is 12.8 Å². The van der Waals surface area contributed by atoms with E-state index in [9.17, 15) is 4.79 Å². The summed E-state index contributed by atoms with van der Waals surface area (Å²) in [6.45, 7) is 4.14. The first-order chi connectivity index (χ1) is 7.61. The zero-order chi connectivity index (χ0) is 12.0. The van der Waals surface area contributed by atoms with E-state index in [4.69, 9.17) is 4.74 Å². The van der Waals surface area contributed by atoms with Crippen LogP contribution in [0.15, 0.2) is 0 Å². The van der Waals surface area contributed by atoms with Gasteiger partial charge in [0.25, 0.3) is 0 Å². The van der Waals surface area contributed by atoms with Gasteiger partial charge in [0.15, 0.2) is 0 Å². The monoisotopic (exact) mass is 227 g/mol. The van der Waals surface area contributed by atoms with Crippen LogP contribution in [-0.2, 0) is 9.53 Å². The van der Waals surface area contributed by atoms with E-state index < -0.39 is 0 Å². The van der Waals surface area contributed by atoms with Crippen LogP contribution >= 0.6 is 0 Å². The van der Waals surface area contributed by atoms with Gasteiger partial charge in [0.05, 0.1) is 6.10 Å². The first-order valence-electron chi connectivity index (χ1n) is 6.48. The average Bonchev–Trinajstić information content (AvgIpc) is 2.53. The number of likely N-dealkylation sites (N-methyl/N-ethyl adjacent to an activating group) is 1. The zero-order valence-electron chi connectivity index (χ0n) is 10.9. The van der Waals surface area contributed by atoms with Crippen molar-refractivity contribution in [2.24, 2.45) is 0 Å². The molecule has 0 unspecified atom stereocenters. The molecule has 0 aliphatic heterocycles. The molecule has 94 valence electrons. The van der Waals surface area contributed by atoms with Gasteiger partial charge in [-0.15, -0.1) is 0 Å². The van der Waals surface area contributed by atoms with Gasteiger partial charge >= 0.3 is 0 Å². The van der Waals surface area contributed by atoms with E-state index in [1.54, 1.807) is 0 Å². The Labute approximate surface area is 99.1 Å². The van der Waals surface area contributed by atoms with Crippen molar-refractivity contribution in [3.05, 3.63) is 0 Å². The van der Waals surface area contributed by atoms with Crippen molar-refractivity contribution in [2.75, 3.05) is 13.7 Å². The second-order valence-corrected chi connectivity index (χ2v) is 5.01. The highest BCUT2D eigenvalue weighted by Crippen LogP contribution is 2.21. The van der Waals surface area contributed by atoms with Crippen LogP contribution in [0.1, 0.15) is 52.4 Å². The number of hydrogen-bond donors (Lipinski definition) is 0. The van der Waals surface area contributed by atoms with Crippen molar-refractivity contribution in [1.29, 1.82) is 0 Å². The summed E-state index contributed by atoms with van der Waals surface area (Å²) in [7, 11) is 1.92. The van der Waals surface area contributed by atoms with Gasteiger partial charge in [-0.3, -0.25) is 4.79 Å². The Balaban J connectivity index is 2.35. The van der Waals surface area contributed by atoms with E-state index >= 15 is 0 Å². The number of carbonyl (C=O) groups excluding carboxylic acids is 1. The van der Waals surface area contributed by atoms with Crippen LogP contribution in [0.2, 0.25) is 0 Å². The maximum atomic E-state index is 11.9. The number of rotatable bonds is 4. The van der Waals surface area contributed by atoms with Crippen LogP contribution < -0.4 is 0 Å². The fraction of sp³-hybridized carbons (Fsp3) is 0.923. The smallest absolute Gasteiger partial charge is 0.248 e. The lowest BCUT2D eigenvalue weighted by atomic mass is 10.1. The Morgan fingerprint density at radius 3 is 2.31 bits per heavy atom. The minimum absolute atomic E-state index is 0.126. The second-order valence-electron chi connectivity index (χ2n) is 5.01. The maximum absolute atomic E-state index is 11.9. The molecule has 0 N–H and O–H groups in total. The first-order valence-corrected chi connectivity index (χ1v) is 6.48. The molecule has 0 aromatic rings.